The van der Waals surface area contributed by atoms with Crippen molar-refractivity contribution in [3.05, 3.63) is 76.5 Å². The van der Waals surface area contributed by atoms with Crippen LogP contribution in [0, 0.1) is 0 Å². The second-order valence-electron chi connectivity index (χ2n) is 8.29. The largest absolute Gasteiger partial charge is 0.497 e. The van der Waals surface area contributed by atoms with Crippen molar-refractivity contribution in [3.8, 4) is 11.5 Å². The number of hydrogen-bond donors (Lipinski definition) is 0. The molecule has 186 valence electrons. The topological polar surface area (TPSA) is 76.2 Å². The summed E-state index contributed by atoms with van der Waals surface area (Å²) in [6, 6.07) is 17.5. The van der Waals surface area contributed by atoms with Crippen molar-refractivity contribution >= 4 is 27.3 Å². The molecule has 0 radical (unpaired) electrons. The Kier molecular flexibility index (Phi) is 8.10. The van der Waals surface area contributed by atoms with Gasteiger partial charge in [-0.1, -0.05) is 25.1 Å². The van der Waals surface area contributed by atoms with E-state index in [9.17, 15) is 13.2 Å². The van der Waals surface area contributed by atoms with Crippen molar-refractivity contribution < 1.29 is 22.7 Å². The Morgan fingerprint density at radius 3 is 2.51 bits per heavy atom. The van der Waals surface area contributed by atoms with Gasteiger partial charge < -0.3 is 14.4 Å². The first kappa shape index (κ1) is 25.2. The zero-order valence-electron chi connectivity index (χ0n) is 19.9. The van der Waals surface area contributed by atoms with Crippen LogP contribution in [0.15, 0.2) is 70.9 Å². The van der Waals surface area contributed by atoms with E-state index >= 15 is 0 Å². The van der Waals surface area contributed by atoms with Crippen LogP contribution < -0.4 is 9.47 Å². The molecule has 2 aromatic carbocycles. The van der Waals surface area contributed by atoms with Crippen molar-refractivity contribution in [2.24, 2.45) is 0 Å². The summed E-state index contributed by atoms with van der Waals surface area (Å²) >= 11 is 1.68. The van der Waals surface area contributed by atoms with E-state index in [-0.39, 0.29) is 29.9 Å². The van der Waals surface area contributed by atoms with E-state index in [0.717, 1.165) is 17.7 Å². The summed E-state index contributed by atoms with van der Waals surface area (Å²) in [5, 5.41) is 2.03. The first-order chi connectivity index (χ1) is 16.9. The SMILES string of the molecule is CCCN(CC(=O)N1CCc2sccc2[C@@H]1COc1ccccc1)S(=O)(=O)c1ccc(OC)cc1. The molecule has 1 amide bonds. The van der Waals surface area contributed by atoms with Gasteiger partial charge in [0, 0.05) is 18.0 Å². The zero-order valence-corrected chi connectivity index (χ0v) is 21.6. The van der Waals surface area contributed by atoms with E-state index in [4.69, 9.17) is 9.47 Å². The van der Waals surface area contributed by atoms with Crippen LogP contribution in [0.4, 0.5) is 0 Å². The highest BCUT2D eigenvalue weighted by atomic mass is 32.2. The van der Waals surface area contributed by atoms with Gasteiger partial charge in [-0.2, -0.15) is 4.31 Å². The van der Waals surface area contributed by atoms with E-state index in [1.54, 1.807) is 28.4 Å². The van der Waals surface area contributed by atoms with Crippen LogP contribution in [0.25, 0.3) is 0 Å². The number of sulfonamides is 1. The molecule has 1 aliphatic rings. The Morgan fingerprint density at radius 1 is 1.09 bits per heavy atom. The number of thiophene rings is 1. The minimum atomic E-state index is -3.84. The molecule has 35 heavy (non-hydrogen) atoms. The number of benzene rings is 2. The van der Waals surface area contributed by atoms with E-state index in [1.165, 1.54) is 28.4 Å². The van der Waals surface area contributed by atoms with Gasteiger partial charge in [0.1, 0.15) is 18.1 Å². The van der Waals surface area contributed by atoms with Gasteiger partial charge in [0.15, 0.2) is 0 Å². The third-order valence-electron chi connectivity index (χ3n) is 6.05. The number of ether oxygens (including phenoxy) is 2. The summed E-state index contributed by atoms with van der Waals surface area (Å²) in [6.07, 6.45) is 1.34. The highest BCUT2D eigenvalue weighted by molar-refractivity contribution is 7.89. The van der Waals surface area contributed by atoms with Gasteiger partial charge in [0.2, 0.25) is 15.9 Å². The van der Waals surface area contributed by atoms with Crippen LogP contribution in [0.1, 0.15) is 29.8 Å². The smallest absolute Gasteiger partial charge is 0.243 e. The lowest BCUT2D eigenvalue weighted by Gasteiger charge is -2.37. The zero-order chi connectivity index (χ0) is 24.8. The van der Waals surface area contributed by atoms with E-state index in [2.05, 4.69) is 0 Å². The molecular weight excluding hydrogens is 484 g/mol. The number of fused-ring (bicyclic) bond motifs is 1. The van der Waals surface area contributed by atoms with Crippen LogP contribution >= 0.6 is 11.3 Å². The first-order valence-electron chi connectivity index (χ1n) is 11.6. The van der Waals surface area contributed by atoms with Crippen LogP contribution in [0.5, 0.6) is 11.5 Å². The summed E-state index contributed by atoms with van der Waals surface area (Å²) in [5.41, 5.74) is 1.07. The lowest BCUT2D eigenvalue weighted by atomic mass is 10.0. The fourth-order valence-corrected chi connectivity index (χ4v) is 6.65. The van der Waals surface area contributed by atoms with Crippen LogP contribution in [0.3, 0.4) is 0 Å². The maximum atomic E-state index is 13.6. The summed E-state index contributed by atoms with van der Waals surface area (Å²) < 4.78 is 39.2. The molecular formula is C26H30N2O5S2. The molecule has 1 aromatic heterocycles. The molecule has 0 bridgehead atoms. The Morgan fingerprint density at radius 2 is 1.83 bits per heavy atom. The predicted octanol–water partition coefficient (Wildman–Crippen LogP) is 4.36. The molecule has 0 saturated carbocycles. The standard InChI is InChI=1S/C26H30N2O5S2/c1-3-15-27(35(30,31)22-11-9-20(32-2)10-12-22)18-26(29)28-16-13-25-23(14-17-34-25)24(28)19-33-21-7-5-4-6-8-21/h4-12,14,17,24H,3,13,15-16,18-19H2,1-2H3/t24-/m0/s1. The monoisotopic (exact) mass is 514 g/mol. The first-order valence-corrected chi connectivity index (χ1v) is 13.9. The number of carbonyl (C=O) groups excluding carboxylic acids is 1. The lowest BCUT2D eigenvalue weighted by molar-refractivity contribution is -0.135. The highest BCUT2D eigenvalue weighted by Gasteiger charge is 2.35. The minimum Gasteiger partial charge on any atom is -0.497 e. The van der Waals surface area contributed by atoms with Crippen molar-refractivity contribution in [1.29, 1.82) is 0 Å². The van der Waals surface area contributed by atoms with Crippen LogP contribution in [-0.4, -0.2) is 56.9 Å². The second-order valence-corrected chi connectivity index (χ2v) is 11.2. The van der Waals surface area contributed by atoms with Gasteiger partial charge in [0.25, 0.3) is 0 Å². The Labute approximate surface area is 210 Å². The van der Waals surface area contributed by atoms with Crippen molar-refractivity contribution in [1.82, 2.24) is 9.21 Å². The maximum absolute atomic E-state index is 13.6. The van der Waals surface area contributed by atoms with Gasteiger partial charge >= 0.3 is 0 Å². The lowest BCUT2D eigenvalue weighted by Crippen LogP contribution is -2.48. The number of para-hydroxylation sites is 1. The summed E-state index contributed by atoms with van der Waals surface area (Å²) in [5.74, 6) is 1.08. The average Bonchev–Trinajstić information content (AvgIpc) is 3.37. The van der Waals surface area contributed by atoms with Crippen LogP contribution in [0.2, 0.25) is 0 Å². The quantitative estimate of drug-likeness (QED) is 0.402. The molecule has 3 aromatic rings. The van der Waals surface area contributed by atoms with E-state index in [0.29, 0.717) is 25.3 Å². The molecule has 9 heteroatoms. The molecule has 2 heterocycles. The minimum absolute atomic E-state index is 0.141. The van der Waals surface area contributed by atoms with Crippen molar-refractivity contribution in [2.45, 2.75) is 30.7 Å². The second kappa shape index (κ2) is 11.2. The summed E-state index contributed by atoms with van der Waals surface area (Å²) in [7, 11) is -2.31. The van der Waals surface area contributed by atoms with E-state index < -0.39 is 10.0 Å². The molecule has 4 rings (SSSR count). The molecule has 0 aliphatic carbocycles. The van der Waals surface area contributed by atoms with Gasteiger partial charge in [0.05, 0.1) is 24.6 Å². The Bertz CT molecular complexity index is 1230. The van der Waals surface area contributed by atoms with E-state index in [1.807, 2.05) is 48.7 Å². The van der Waals surface area contributed by atoms with Crippen LogP contribution in [-0.2, 0) is 21.2 Å². The van der Waals surface area contributed by atoms with Gasteiger partial charge in [-0.15, -0.1) is 11.3 Å². The molecule has 0 unspecified atom stereocenters. The normalized spacial score (nSPS) is 15.6. The Hall–Kier alpha value is -2.88. The van der Waals surface area contributed by atoms with Gasteiger partial charge in [-0.3, -0.25) is 4.79 Å². The molecule has 0 saturated heterocycles. The summed E-state index contributed by atoms with van der Waals surface area (Å²) in [6.45, 7) is 2.76. The number of nitrogens with zero attached hydrogens (tertiary/aromatic N) is 2. The molecule has 0 spiro atoms. The third-order valence-corrected chi connectivity index (χ3v) is 8.90. The number of rotatable bonds is 10. The molecule has 1 aliphatic heterocycles. The maximum Gasteiger partial charge on any atom is 0.243 e. The number of amides is 1. The fourth-order valence-electron chi connectivity index (χ4n) is 4.24. The molecule has 1 atom stereocenters. The number of carbonyl (C=O) groups is 1. The fraction of sp³-hybridized carbons (Fsp3) is 0.346. The Balaban J connectivity index is 1.55. The summed E-state index contributed by atoms with van der Waals surface area (Å²) in [4.78, 5) is 16.7. The van der Waals surface area contributed by atoms with Gasteiger partial charge in [-0.05, 0) is 66.2 Å². The molecule has 0 N–H and O–H groups in total. The van der Waals surface area contributed by atoms with Gasteiger partial charge in [-0.25, -0.2) is 8.42 Å². The number of methoxy groups -OCH3 is 1. The van der Waals surface area contributed by atoms with Crippen molar-refractivity contribution in [2.75, 3.05) is 33.4 Å². The average molecular weight is 515 g/mol. The molecule has 7 nitrogen and oxygen atoms in total. The molecule has 0 fully saturated rings. The predicted molar refractivity (Wildman–Crippen MR) is 136 cm³/mol. The highest BCUT2D eigenvalue weighted by Crippen LogP contribution is 2.34. The van der Waals surface area contributed by atoms with Crippen molar-refractivity contribution in [3.63, 3.8) is 0 Å². The third kappa shape index (κ3) is 5.69. The number of hydrogen-bond acceptors (Lipinski definition) is 6.